The molecule has 1 aromatic carbocycles. The lowest BCUT2D eigenvalue weighted by atomic mass is 9.97. The quantitative estimate of drug-likeness (QED) is 0.640. The van der Waals surface area contributed by atoms with Gasteiger partial charge in [-0.25, -0.2) is 13.4 Å². The number of piperidine rings is 1. The van der Waals surface area contributed by atoms with E-state index in [4.69, 9.17) is 10.5 Å². The summed E-state index contributed by atoms with van der Waals surface area (Å²) in [5.41, 5.74) is 6.28. The second-order valence-corrected chi connectivity index (χ2v) is 10.0. The van der Waals surface area contributed by atoms with E-state index in [0.717, 1.165) is 25.2 Å². The number of nitrogens with one attached hydrogen (secondary N) is 1. The molecule has 0 bridgehead atoms. The first-order valence-electron chi connectivity index (χ1n) is 10.8. The Morgan fingerprint density at radius 1 is 1.06 bits per heavy atom. The molecule has 1 atom stereocenters. The number of ether oxygens (including phenoxy) is 1. The van der Waals surface area contributed by atoms with Gasteiger partial charge in [-0.05, 0) is 49.2 Å². The molecule has 11 heteroatoms. The van der Waals surface area contributed by atoms with E-state index in [9.17, 15) is 18.0 Å². The lowest BCUT2D eigenvalue weighted by molar-refractivity contribution is -0.122. The van der Waals surface area contributed by atoms with Crippen molar-refractivity contribution in [3.05, 3.63) is 48.2 Å². The molecule has 2 aliphatic rings. The number of amides is 2. The number of primary amides is 1. The number of pyridine rings is 1. The van der Waals surface area contributed by atoms with Crippen LogP contribution in [0.15, 0.2) is 47.5 Å². The zero-order valence-corrected chi connectivity index (χ0v) is 19.0. The first kappa shape index (κ1) is 23.1. The van der Waals surface area contributed by atoms with E-state index in [1.54, 1.807) is 18.3 Å². The maximum absolute atomic E-state index is 12.7. The molecule has 1 aromatic heterocycles. The fourth-order valence-electron chi connectivity index (χ4n) is 3.98. The lowest BCUT2D eigenvalue weighted by Crippen LogP contribution is -2.41. The van der Waals surface area contributed by atoms with Crippen molar-refractivity contribution in [2.75, 3.05) is 49.6 Å². The molecular weight excluding hydrogens is 446 g/mol. The zero-order valence-electron chi connectivity index (χ0n) is 18.1. The van der Waals surface area contributed by atoms with Crippen LogP contribution < -0.4 is 16.0 Å². The average Bonchev–Trinajstić information content (AvgIpc) is 2.85. The average molecular weight is 474 g/mol. The minimum absolute atomic E-state index is 0.141. The molecule has 2 amide bonds. The Kier molecular flexibility index (Phi) is 6.91. The number of benzene rings is 1. The molecule has 2 fully saturated rings. The summed E-state index contributed by atoms with van der Waals surface area (Å²) >= 11 is 0. The van der Waals surface area contributed by atoms with Gasteiger partial charge in [0.1, 0.15) is 5.82 Å². The van der Waals surface area contributed by atoms with Crippen LogP contribution in [-0.4, -0.2) is 68.9 Å². The van der Waals surface area contributed by atoms with Gasteiger partial charge in [0.2, 0.25) is 15.9 Å². The number of hydrogen-bond acceptors (Lipinski definition) is 7. The van der Waals surface area contributed by atoms with Crippen LogP contribution in [0.4, 0.5) is 11.5 Å². The SMILES string of the molecule is NC(=O)C1CCCN(c2ccc(NC(=O)c3ccc(S(=O)(=O)N4CCOCC4)cc3)cn2)C1. The summed E-state index contributed by atoms with van der Waals surface area (Å²) in [6.45, 7) is 2.70. The van der Waals surface area contributed by atoms with E-state index >= 15 is 0 Å². The van der Waals surface area contributed by atoms with Gasteiger partial charge < -0.3 is 20.7 Å². The standard InChI is InChI=1S/C22H27N5O5S/c23-21(28)17-2-1-9-26(15-17)20-8-5-18(14-24-20)25-22(29)16-3-6-19(7-4-16)33(30,31)27-10-12-32-13-11-27/h3-8,14,17H,1-2,9-13,15H2,(H2,23,28)(H,25,29). The van der Waals surface area contributed by atoms with Crippen LogP contribution in [-0.2, 0) is 19.6 Å². The third-order valence-electron chi connectivity index (χ3n) is 5.88. The summed E-state index contributed by atoms with van der Waals surface area (Å²) in [6, 6.07) is 9.38. The molecule has 3 N–H and O–H groups in total. The van der Waals surface area contributed by atoms with Crippen molar-refractivity contribution in [1.82, 2.24) is 9.29 Å². The number of rotatable bonds is 6. The number of hydrogen-bond donors (Lipinski definition) is 2. The van der Waals surface area contributed by atoms with Crippen molar-refractivity contribution in [2.45, 2.75) is 17.7 Å². The van der Waals surface area contributed by atoms with Crippen LogP contribution in [0.5, 0.6) is 0 Å². The molecule has 0 aliphatic carbocycles. The highest BCUT2D eigenvalue weighted by Crippen LogP contribution is 2.23. The number of sulfonamides is 1. The highest BCUT2D eigenvalue weighted by Gasteiger charge is 2.27. The van der Waals surface area contributed by atoms with Gasteiger partial charge in [0.05, 0.1) is 35.9 Å². The highest BCUT2D eigenvalue weighted by atomic mass is 32.2. The first-order valence-corrected chi connectivity index (χ1v) is 12.3. The van der Waals surface area contributed by atoms with E-state index in [-0.39, 0.29) is 22.6 Å². The van der Waals surface area contributed by atoms with E-state index in [0.29, 0.717) is 44.1 Å². The van der Waals surface area contributed by atoms with Crippen LogP contribution in [0.1, 0.15) is 23.2 Å². The Hall–Kier alpha value is -3.02. The van der Waals surface area contributed by atoms with Crippen molar-refractivity contribution in [3.63, 3.8) is 0 Å². The predicted octanol–water partition coefficient (Wildman–Crippen LogP) is 1.06. The van der Waals surface area contributed by atoms with Crippen LogP contribution in [0, 0.1) is 5.92 Å². The van der Waals surface area contributed by atoms with Crippen molar-refractivity contribution in [3.8, 4) is 0 Å². The van der Waals surface area contributed by atoms with Gasteiger partial charge in [-0.2, -0.15) is 4.31 Å². The summed E-state index contributed by atoms with van der Waals surface area (Å²) in [4.78, 5) is 30.6. The largest absolute Gasteiger partial charge is 0.379 e. The number of morpholine rings is 1. The maximum atomic E-state index is 12.7. The molecule has 0 radical (unpaired) electrons. The van der Waals surface area contributed by atoms with Crippen molar-refractivity contribution in [2.24, 2.45) is 11.7 Å². The molecule has 2 aromatic rings. The minimum Gasteiger partial charge on any atom is -0.379 e. The fourth-order valence-corrected chi connectivity index (χ4v) is 5.39. The molecule has 2 aliphatic heterocycles. The van der Waals surface area contributed by atoms with Crippen LogP contribution >= 0.6 is 0 Å². The zero-order chi connectivity index (χ0) is 23.4. The number of carbonyl (C=O) groups excluding carboxylic acids is 2. The Labute approximate surface area is 192 Å². The van der Waals surface area contributed by atoms with E-state index in [1.165, 1.54) is 28.6 Å². The topological polar surface area (TPSA) is 135 Å². The lowest BCUT2D eigenvalue weighted by Gasteiger charge is -2.32. The Morgan fingerprint density at radius 3 is 2.42 bits per heavy atom. The Balaban J connectivity index is 1.38. The number of nitrogens with zero attached hydrogens (tertiary/aromatic N) is 3. The van der Waals surface area contributed by atoms with E-state index in [2.05, 4.69) is 10.3 Å². The molecule has 0 saturated carbocycles. The third kappa shape index (κ3) is 5.32. The molecule has 0 spiro atoms. The first-order chi connectivity index (χ1) is 15.8. The second-order valence-electron chi connectivity index (χ2n) is 8.09. The minimum atomic E-state index is -3.61. The van der Waals surface area contributed by atoms with Gasteiger partial charge in [-0.1, -0.05) is 0 Å². The van der Waals surface area contributed by atoms with Crippen LogP contribution in [0.2, 0.25) is 0 Å². The molecule has 3 heterocycles. The van der Waals surface area contributed by atoms with Gasteiger partial charge in [-0.3, -0.25) is 9.59 Å². The summed E-state index contributed by atoms with van der Waals surface area (Å²) in [5, 5.41) is 2.77. The predicted molar refractivity (Wildman–Crippen MR) is 122 cm³/mol. The normalized spacial score (nSPS) is 19.8. The summed E-state index contributed by atoms with van der Waals surface area (Å²) in [5.74, 6) is -0.134. The second kappa shape index (κ2) is 9.86. The fraction of sp³-hybridized carbons (Fsp3) is 0.409. The van der Waals surface area contributed by atoms with Crippen LogP contribution in [0.3, 0.4) is 0 Å². The Morgan fingerprint density at radius 2 is 1.79 bits per heavy atom. The van der Waals surface area contributed by atoms with Crippen molar-refractivity contribution in [1.29, 1.82) is 0 Å². The summed E-state index contributed by atoms with van der Waals surface area (Å²) < 4.78 is 32.0. The molecular formula is C22H27N5O5S. The number of anilines is 2. The van der Waals surface area contributed by atoms with Gasteiger partial charge >= 0.3 is 0 Å². The number of aromatic nitrogens is 1. The molecule has 1 unspecified atom stereocenters. The molecule has 4 rings (SSSR count). The van der Waals surface area contributed by atoms with Gasteiger partial charge in [0.15, 0.2) is 0 Å². The van der Waals surface area contributed by atoms with Crippen molar-refractivity contribution < 1.29 is 22.7 Å². The monoisotopic (exact) mass is 473 g/mol. The maximum Gasteiger partial charge on any atom is 0.255 e. The Bertz CT molecular complexity index is 1100. The highest BCUT2D eigenvalue weighted by molar-refractivity contribution is 7.89. The summed E-state index contributed by atoms with van der Waals surface area (Å²) in [7, 11) is -3.61. The molecule has 10 nitrogen and oxygen atoms in total. The number of carbonyl (C=O) groups is 2. The van der Waals surface area contributed by atoms with Gasteiger partial charge in [-0.15, -0.1) is 0 Å². The number of nitrogens with two attached hydrogens (primary N) is 1. The molecule has 176 valence electrons. The van der Waals surface area contributed by atoms with Gasteiger partial charge in [0, 0.05) is 31.7 Å². The van der Waals surface area contributed by atoms with E-state index < -0.39 is 10.0 Å². The smallest absolute Gasteiger partial charge is 0.255 e. The van der Waals surface area contributed by atoms with Crippen LogP contribution in [0.25, 0.3) is 0 Å². The van der Waals surface area contributed by atoms with E-state index in [1.807, 2.05) is 4.90 Å². The summed E-state index contributed by atoms with van der Waals surface area (Å²) in [6.07, 6.45) is 3.20. The van der Waals surface area contributed by atoms with Crippen molar-refractivity contribution >= 4 is 33.3 Å². The third-order valence-corrected chi connectivity index (χ3v) is 7.79. The molecule has 33 heavy (non-hydrogen) atoms. The molecule has 2 saturated heterocycles. The van der Waals surface area contributed by atoms with Gasteiger partial charge in [0.25, 0.3) is 5.91 Å².